The van der Waals surface area contributed by atoms with Gasteiger partial charge in [0, 0.05) is 22.5 Å². The molecular formula is C27H17F2NO. The van der Waals surface area contributed by atoms with Gasteiger partial charge in [0.25, 0.3) is 0 Å². The Morgan fingerprint density at radius 3 is 2.48 bits per heavy atom. The van der Waals surface area contributed by atoms with Crippen molar-refractivity contribution in [3.63, 3.8) is 0 Å². The summed E-state index contributed by atoms with van der Waals surface area (Å²) >= 11 is 0. The van der Waals surface area contributed by atoms with Crippen LogP contribution in [0.4, 0.5) is 8.78 Å². The number of benzene rings is 4. The van der Waals surface area contributed by atoms with Crippen LogP contribution in [0.25, 0.3) is 54.7 Å². The molecule has 0 radical (unpaired) electrons. The molecule has 6 rings (SSSR count). The zero-order valence-electron chi connectivity index (χ0n) is 17.0. The Kier molecular flexibility index (Phi) is 3.69. The number of aryl methyl sites for hydroxylation is 2. The van der Waals surface area contributed by atoms with Crippen LogP contribution in [0.2, 0.25) is 0 Å². The average Bonchev–Trinajstić information content (AvgIpc) is 3.14. The van der Waals surface area contributed by atoms with Gasteiger partial charge in [-0.05, 0) is 77.5 Å². The first-order valence-electron chi connectivity index (χ1n) is 10.1. The monoisotopic (exact) mass is 409 g/mol. The van der Waals surface area contributed by atoms with Crippen molar-refractivity contribution < 1.29 is 13.2 Å². The van der Waals surface area contributed by atoms with E-state index in [1.165, 1.54) is 12.1 Å². The molecule has 0 aliphatic rings. The summed E-state index contributed by atoms with van der Waals surface area (Å²) in [7, 11) is 0. The number of halogens is 2. The van der Waals surface area contributed by atoms with E-state index in [4.69, 9.17) is 4.42 Å². The topological polar surface area (TPSA) is 26.0 Å². The summed E-state index contributed by atoms with van der Waals surface area (Å²) in [5.41, 5.74) is 4.28. The molecule has 0 atom stereocenters. The number of hydrogen-bond donors (Lipinski definition) is 0. The first-order valence-corrected chi connectivity index (χ1v) is 10.1. The van der Waals surface area contributed by atoms with Crippen molar-refractivity contribution in [2.24, 2.45) is 0 Å². The van der Waals surface area contributed by atoms with E-state index in [2.05, 4.69) is 4.98 Å². The van der Waals surface area contributed by atoms with E-state index in [1.54, 1.807) is 25.3 Å². The molecule has 0 saturated heterocycles. The number of hydrogen-bond acceptors (Lipinski definition) is 2. The Morgan fingerprint density at radius 2 is 1.61 bits per heavy atom. The van der Waals surface area contributed by atoms with Gasteiger partial charge in [0.1, 0.15) is 22.8 Å². The smallest absolute Gasteiger partial charge is 0.144 e. The number of rotatable bonds is 1. The molecule has 0 N–H and O–H groups in total. The van der Waals surface area contributed by atoms with Crippen molar-refractivity contribution in [3.05, 3.63) is 89.6 Å². The summed E-state index contributed by atoms with van der Waals surface area (Å²) in [6.07, 6.45) is 1.75. The first kappa shape index (κ1) is 18.0. The van der Waals surface area contributed by atoms with Crippen molar-refractivity contribution in [2.45, 2.75) is 13.8 Å². The van der Waals surface area contributed by atoms with E-state index in [1.807, 2.05) is 43.3 Å². The lowest BCUT2D eigenvalue weighted by Gasteiger charge is -2.10. The van der Waals surface area contributed by atoms with E-state index in [0.717, 1.165) is 43.8 Å². The van der Waals surface area contributed by atoms with Gasteiger partial charge in [-0.3, -0.25) is 4.98 Å². The van der Waals surface area contributed by atoms with Crippen LogP contribution in [0, 0.1) is 25.5 Å². The van der Waals surface area contributed by atoms with E-state index < -0.39 is 0 Å². The van der Waals surface area contributed by atoms with Gasteiger partial charge in [-0.15, -0.1) is 0 Å². The van der Waals surface area contributed by atoms with E-state index >= 15 is 0 Å². The third-order valence-electron chi connectivity index (χ3n) is 5.99. The molecule has 0 saturated carbocycles. The van der Waals surface area contributed by atoms with E-state index in [9.17, 15) is 8.78 Å². The van der Waals surface area contributed by atoms with Gasteiger partial charge in [-0.25, -0.2) is 8.78 Å². The predicted molar refractivity (Wildman–Crippen MR) is 121 cm³/mol. The maximum absolute atomic E-state index is 15.0. The maximum Gasteiger partial charge on any atom is 0.144 e. The Bertz CT molecular complexity index is 1680. The van der Waals surface area contributed by atoms with Crippen LogP contribution in [0.15, 0.2) is 71.3 Å². The van der Waals surface area contributed by atoms with Crippen molar-refractivity contribution in [1.29, 1.82) is 0 Å². The van der Waals surface area contributed by atoms with Crippen LogP contribution in [-0.2, 0) is 0 Å². The number of nitrogens with zero attached hydrogens (tertiary/aromatic N) is 1. The largest absolute Gasteiger partial charge is 0.455 e. The minimum Gasteiger partial charge on any atom is -0.455 e. The summed E-state index contributed by atoms with van der Waals surface area (Å²) in [4.78, 5) is 4.68. The van der Waals surface area contributed by atoms with E-state index in [-0.39, 0.29) is 11.6 Å². The summed E-state index contributed by atoms with van der Waals surface area (Å²) in [5.74, 6) is -0.521. The molecular weight excluding hydrogens is 392 g/mol. The highest BCUT2D eigenvalue weighted by atomic mass is 19.1. The first-order chi connectivity index (χ1) is 15.0. The Labute approximate surface area is 176 Å². The second-order valence-corrected chi connectivity index (χ2v) is 8.05. The second kappa shape index (κ2) is 6.35. The quantitative estimate of drug-likeness (QED) is 0.258. The molecule has 4 heteroatoms. The van der Waals surface area contributed by atoms with Crippen molar-refractivity contribution in [3.8, 4) is 11.3 Å². The molecule has 6 aromatic rings. The molecule has 2 nitrogen and oxygen atoms in total. The maximum atomic E-state index is 15.0. The highest BCUT2D eigenvalue weighted by Gasteiger charge is 2.19. The molecule has 31 heavy (non-hydrogen) atoms. The predicted octanol–water partition coefficient (Wildman–Crippen LogP) is 7.85. The van der Waals surface area contributed by atoms with Crippen LogP contribution in [0.3, 0.4) is 0 Å². The van der Waals surface area contributed by atoms with Gasteiger partial charge < -0.3 is 4.42 Å². The van der Waals surface area contributed by atoms with Crippen molar-refractivity contribution >= 4 is 43.5 Å². The normalized spacial score (nSPS) is 11.9. The third-order valence-corrected chi connectivity index (χ3v) is 5.99. The van der Waals surface area contributed by atoms with Crippen LogP contribution in [0.1, 0.15) is 11.1 Å². The molecule has 0 amide bonds. The lowest BCUT2D eigenvalue weighted by molar-refractivity contribution is 0.625. The molecule has 0 bridgehead atoms. The molecule has 2 aromatic heterocycles. The molecule has 0 aliphatic heterocycles. The molecule has 4 aromatic carbocycles. The minimum absolute atomic E-state index is 0.258. The second-order valence-electron chi connectivity index (χ2n) is 8.05. The van der Waals surface area contributed by atoms with Gasteiger partial charge in [0.2, 0.25) is 0 Å². The fourth-order valence-electron chi connectivity index (χ4n) is 4.53. The van der Waals surface area contributed by atoms with Crippen molar-refractivity contribution in [1.82, 2.24) is 4.98 Å². The van der Waals surface area contributed by atoms with Crippen LogP contribution in [-0.4, -0.2) is 4.98 Å². The van der Waals surface area contributed by atoms with Crippen molar-refractivity contribution in [2.75, 3.05) is 0 Å². The summed E-state index contributed by atoms with van der Waals surface area (Å²) < 4.78 is 34.8. The SMILES string of the molecule is Cc1cc(-c2nccc3c2ccc2cc(F)ccc23)c2oc3ccc(C)c(F)c3c2c1. The third kappa shape index (κ3) is 2.58. The number of furan rings is 1. The Balaban J connectivity index is 1.74. The zero-order chi connectivity index (χ0) is 21.3. The molecule has 0 spiro atoms. The van der Waals surface area contributed by atoms with Crippen LogP contribution < -0.4 is 0 Å². The van der Waals surface area contributed by atoms with Gasteiger partial charge >= 0.3 is 0 Å². The Morgan fingerprint density at radius 1 is 0.774 bits per heavy atom. The molecule has 0 unspecified atom stereocenters. The number of pyridine rings is 1. The summed E-state index contributed by atoms with van der Waals surface area (Å²) in [6, 6.07) is 18.1. The highest BCUT2D eigenvalue weighted by Crippen LogP contribution is 2.40. The van der Waals surface area contributed by atoms with E-state index in [0.29, 0.717) is 22.1 Å². The molecule has 150 valence electrons. The standard InChI is InChI=1S/C27H17F2NO/c1-14-11-21-24-23(8-3-15(2)25(24)29)31-27(21)22(12-14)26-20-6-4-16-13-17(28)5-7-18(16)19(20)9-10-30-26/h3-13H,1-2H3. The summed E-state index contributed by atoms with van der Waals surface area (Å²) in [6.45, 7) is 3.74. The fraction of sp³-hybridized carbons (Fsp3) is 0.0741. The lowest BCUT2D eigenvalue weighted by atomic mass is 9.96. The van der Waals surface area contributed by atoms with Gasteiger partial charge in [-0.1, -0.05) is 24.3 Å². The summed E-state index contributed by atoms with van der Waals surface area (Å²) in [5, 5.41) is 4.95. The molecule has 0 fully saturated rings. The average molecular weight is 409 g/mol. The van der Waals surface area contributed by atoms with Crippen LogP contribution in [0.5, 0.6) is 0 Å². The van der Waals surface area contributed by atoms with Gasteiger partial charge in [0.15, 0.2) is 0 Å². The van der Waals surface area contributed by atoms with Gasteiger partial charge in [-0.2, -0.15) is 0 Å². The lowest BCUT2D eigenvalue weighted by Crippen LogP contribution is -1.89. The molecule has 2 heterocycles. The van der Waals surface area contributed by atoms with Gasteiger partial charge in [0.05, 0.1) is 11.1 Å². The highest BCUT2D eigenvalue weighted by molar-refractivity contribution is 6.15. The minimum atomic E-state index is -0.263. The molecule has 0 aliphatic carbocycles. The number of aromatic nitrogens is 1. The number of fused-ring (bicyclic) bond motifs is 6. The van der Waals surface area contributed by atoms with Crippen LogP contribution >= 0.6 is 0 Å². The Hall–Kier alpha value is -3.79. The zero-order valence-corrected chi connectivity index (χ0v) is 17.0. The fourth-order valence-corrected chi connectivity index (χ4v) is 4.53.